The zero-order chi connectivity index (χ0) is 15.1. The molecule has 0 saturated carbocycles. The van der Waals surface area contributed by atoms with E-state index < -0.39 is 26.8 Å². The van der Waals surface area contributed by atoms with Gasteiger partial charge >= 0.3 is 0 Å². The maximum Gasteiger partial charge on any atom is 0.246 e. The van der Waals surface area contributed by atoms with Gasteiger partial charge in [0.15, 0.2) is 0 Å². The van der Waals surface area contributed by atoms with Gasteiger partial charge in [-0.2, -0.15) is 4.31 Å². The van der Waals surface area contributed by atoms with Gasteiger partial charge in [0.1, 0.15) is 10.7 Å². The zero-order valence-electron chi connectivity index (χ0n) is 11.5. The molecule has 20 heavy (non-hydrogen) atoms. The fourth-order valence-corrected chi connectivity index (χ4v) is 3.96. The molecule has 1 saturated heterocycles. The maximum atomic E-state index is 13.9. The third-order valence-electron chi connectivity index (χ3n) is 3.81. The van der Waals surface area contributed by atoms with Gasteiger partial charge in [0, 0.05) is 18.8 Å². The zero-order valence-corrected chi connectivity index (χ0v) is 12.3. The Morgan fingerprint density at radius 2 is 2.15 bits per heavy atom. The molecule has 1 aliphatic rings. The third-order valence-corrected chi connectivity index (χ3v) is 5.69. The van der Waals surface area contributed by atoms with Crippen molar-refractivity contribution in [3.8, 4) is 0 Å². The topological polar surface area (TPSA) is 83.6 Å². The van der Waals surface area contributed by atoms with Crippen LogP contribution in [0.1, 0.15) is 18.9 Å². The summed E-state index contributed by atoms with van der Waals surface area (Å²) < 4.78 is 40.0. The second-order valence-corrected chi connectivity index (χ2v) is 7.20. The number of anilines is 1. The van der Waals surface area contributed by atoms with Crippen LogP contribution in [0, 0.1) is 18.7 Å². The predicted molar refractivity (Wildman–Crippen MR) is 74.1 cm³/mol. The lowest BCUT2D eigenvalue weighted by Gasteiger charge is -2.18. The van der Waals surface area contributed by atoms with Crippen molar-refractivity contribution in [1.82, 2.24) is 4.31 Å². The van der Waals surface area contributed by atoms with Crippen LogP contribution in [0.5, 0.6) is 0 Å². The minimum atomic E-state index is -3.91. The van der Waals surface area contributed by atoms with Gasteiger partial charge in [-0.1, -0.05) is 0 Å². The van der Waals surface area contributed by atoms with Crippen molar-refractivity contribution in [3.05, 3.63) is 23.5 Å². The number of rotatable bonds is 3. The van der Waals surface area contributed by atoms with Crippen molar-refractivity contribution < 1.29 is 17.9 Å². The first-order chi connectivity index (χ1) is 9.23. The first kappa shape index (κ1) is 15.2. The molecule has 1 aliphatic heterocycles. The number of nitrogens with two attached hydrogens (primary N) is 1. The Kier molecular flexibility index (Phi) is 4.04. The van der Waals surface area contributed by atoms with Gasteiger partial charge < -0.3 is 10.8 Å². The van der Waals surface area contributed by atoms with E-state index in [1.807, 2.05) is 0 Å². The summed E-state index contributed by atoms with van der Waals surface area (Å²) >= 11 is 0. The number of aliphatic hydroxyl groups is 1. The summed E-state index contributed by atoms with van der Waals surface area (Å²) in [7, 11) is -3.91. The van der Waals surface area contributed by atoms with E-state index in [1.54, 1.807) is 13.8 Å². The Hall–Kier alpha value is -1.18. The Labute approximate surface area is 118 Å². The highest BCUT2D eigenvalue weighted by Crippen LogP contribution is 2.29. The molecular weight excluding hydrogens is 283 g/mol. The smallest absolute Gasteiger partial charge is 0.246 e. The Bertz CT molecular complexity index is 616. The molecule has 112 valence electrons. The van der Waals surface area contributed by atoms with Crippen LogP contribution in [0.3, 0.4) is 0 Å². The van der Waals surface area contributed by atoms with Gasteiger partial charge in [-0.05, 0) is 43.9 Å². The molecule has 1 aromatic carbocycles. The van der Waals surface area contributed by atoms with E-state index in [-0.39, 0.29) is 24.7 Å². The molecule has 1 fully saturated rings. The van der Waals surface area contributed by atoms with Crippen molar-refractivity contribution in [2.45, 2.75) is 31.3 Å². The van der Waals surface area contributed by atoms with E-state index in [9.17, 15) is 17.9 Å². The number of halogens is 1. The van der Waals surface area contributed by atoms with Gasteiger partial charge in [0.05, 0.1) is 6.10 Å². The molecular formula is C13H19FN2O3S. The second kappa shape index (κ2) is 5.31. The number of hydrogen-bond acceptors (Lipinski definition) is 4. The summed E-state index contributed by atoms with van der Waals surface area (Å²) in [4.78, 5) is -0.396. The number of sulfonamides is 1. The average Bonchev–Trinajstić information content (AvgIpc) is 2.83. The van der Waals surface area contributed by atoms with Crippen LogP contribution in [-0.4, -0.2) is 37.0 Å². The molecule has 3 N–H and O–H groups in total. The van der Waals surface area contributed by atoms with Crippen molar-refractivity contribution in [3.63, 3.8) is 0 Å². The standard InChI is InChI=1S/C13H19FN2O3S/c1-8-5-11(14)13(6-12(8)15)20(18,19)16-4-3-10(7-16)9(2)17/h5-6,9-10,17H,3-4,7,15H2,1-2H3. The van der Waals surface area contributed by atoms with Crippen LogP contribution >= 0.6 is 0 Å². The summed E-state index contributed by atoms with van der Waals surface area (Å²) in [5, 5.41) is 9.53. The molecule has 2 rings (SSSR count). The summed E-state index contributed by atoms with van der Waals surface area (Å²) in [6, 6.07) is 2.29. The first-order valence-corrected chi connectivity index (χ1v) is 7.91. The van der Waals surface area contributed by atoms with Crippen molar-refractivity contribution in [2.24, 2.45) is 5.92 Å². The molecule has 0 aromatic heterocycles. The van der Waals surface area contributed by atoms with Gasteiger partial charge in [0.25, 0.3) is 0 Å². The maximum absolute atomic E-state index is 13.9. The highest BCUT2D eigenvalue weighted by atomic mass is 32.2. The Morgan fingerprint density at radius 1 is 1.50 bits per heavy atom. The Morgan fingerprint density at radius 3 is 2.70 bits per heavy atom. The third kappa shape index (κ3) is 2.65. The summed E-state index contributed by atoms with van der Waals surface area (Å²) in [5.41, 5.74) is 6.42. The molecule has 0 radical (unpaired) electrons. The number of benzene rings is 1. The largest absolute Gasteiger partial charge is 0.398 e. The molecule has 7 heteroatoms. The lowest BCUT2D eigenvalue weighted by atomic mass is 10.0. The number of nitrogens with zero attached hydrogens (tertiary/aromatic N) is 1. The predicted octanol–water partition coefficient (Wildman–Crippen LogP) is 1.11. The number of nitrogen functional groups attached to an aromatic ring is 1. The van der Waals surface area contributed by atoms with Gasteiger partial charge in [-0.3, -0.25) is 0 Å². The molecule has 1 aromatic rings. The van der Waals surface area contributed by atoms with Crippen LogP contribution in [0.4, 0.5) is 10.1 Å². The molecule has 0 spiro atoms. The van der Waals surface area contributed by atoms with E-state index in [2.05, 4.69) is 0 Å². The lowest BCUT2D eigenvalue weighted by Crippen LogP contribution is -2.31. The highest BCUT2D eigenvalue weighted by molar-refractivity contribution is 7.89. The van der Waals surface area contributed by atoms with E-state index in [1.165, 1.54) is 4.31 Å². The molecule has 2 unspecified atom stereocenters. The fourth-order valence-electron chi connectivity index (χ4n) is 2.37. The van der Waals surface area contributed by atoms with Gasteiger partial charge in [0.2, 0.25) is 10.0 Å². The SMILES string of the molecule is Cc1cc(F)c(S(=O)(=O)N2CCC(C(C)O)C2)cc1N. The normalized spacial score (nSPS) is 22.1. The summed E-state index contributed by atoms with van der Waals surface area (Å²) in [6.07, 6.45) is -0.0111. The molecule has 1 heterocycles. The van der Waals surface area contributed by atoms with E-state index in [0.717, 1.165) is 12.1 Å². The molecule has 0 bridgehead atoms. The fraction of sp³-hybridized carbons (Fsp3) is 0.538. The van der Waals surface area contributed by atoms with E-state index >= 15 is 0 Å². The van der Waals surface area contributed by atoms with Gasteiger partial charge in [-0.25, -0.2) is 12.8 Å². The average molecular weight is 302 g/mol. The van der Waals surface area contributed by atoms with E-state index in [0.29, 0.717) is 12.0 Å². The number of aryl methyl sites for hydroxylation is 1. The van der Waals surface area contributed by atoms with E-state index in [4.69, 9.17) is 5.73 Å². The molecule has 0 aliphatic carbocycles. The molecule has 0 amide bonds. The van der Waals surface area contributed by atoms with Crippen molar-refractivity contribution in [2.75, 3.05) is 18.8 Å². The summed E-state index contributed by atoms with van der Waals surface area (Å²) in [6.45, 7) is 3.73. The number of aliphatic hydroxyl groups excluding tert-OH is 1. The van der Waals surface area contributed by atoms with Crippen LogP contribution in [0.25, 0.3) is 0 Å². The highest BCUT2D eigenvalue weighted by Gasteiger charge is 2.35. The summed E-state index contributed by atoms with van der Waals surface area (Å²) in [5.74, 6) is -0.909. The van der Waals surface area contributed by atoms with Crippen LogP contribution in [0.2, 0.25) is 0 Å². The van der Waals surface area contributed by atoms with Gasteiger partial charge in [-0.15, -0.1) is 0 Å². The second-order valence-electron chi connectivity index (χ2n) is 5.29. The van der Waals surface area contributed by atoms with Crippen molar-refractivity contribution in [1.29, 1.82) is 0 Å². The van der Waals surface area contributed by atoms with Crippen molar-refractivity contribution >= 4 is 15.7 Å². The monoisotopic (exact) mass is 302 g/mol. The number of hydrogen-bond donors (Lipinski definition) is 2. The Balaban J connectivity index is 2.35. The first-order valence-electron chi connectivity index (χ1n) is 6.47. The van der Waals surface area contributed by atoms with Crippen LogP contribution < -0.4 is 5.73 Å². The minimum absolute atomic E-state index is 0.115. The lowest BCUT2D eigenvalue weighted by molar-refractivity contribution is 0.133. The van der Waals surface area contributed by atoms with Crippen LogP contribution in [-0.2, 0) is 10.0 Å². The molecule has 2 atom stereocenters. The quantitative estimate of drug-likeness (QED) is 0.819. The van der Waals surface area contributed by atoms with Crippen LogP contribution in [0.15, 0.2) is 17.0 Å². The molecule has 5 nitrogen and oxygen atoms in total. The minimum Gasteiger partial charge on any atom is -0.398 e.